The van der Waals surface area contributed by atoms with Gasteiger partial charge < -0.3 is 9.47 Å². The maximum atomic E-state index is 12.1. The Hall–Kier alpha value is -3.14. The lowest BCUT2D eigenvalue weighted by atomic mass is 10.2. The molecule has 27 heavy (non-hydrogen) atoms. The molecule has 0 saturated carbocycles. The van der Waals surface area contributed by atoms with Gasteiger partial charge in [-0.3, -0.25) is 30.1 Å². The summed E-state index contributed by atoms with van der Waals surface area (Å²) >= 11 is 1.33. The molecule has 2 N–H and O–H groups in total. The van der Waals surface area contributed by atoms with E-state index in [4.69, 9.17) is 9.47 Å². The number of rotatable bonds is 4. The van der Waals surface area contributed by atoms with Gasteiger partial charge in [-0.05, 0) is 24.6 Å². The van der Waals surface area contributed by atoms with Crippen molar-refractivity contribution in [1.29, 1.82) is 0 Å². The summed E-state index contributed by atoms with van der Waals surface area (Å²) in [6.07, 6.45) is 1.35. The van der Waals surface area contributed by atoms with E-state index in [0.29, 0.717) is 40.9 Å². The molecule has 3 heterocycles. The number of carbonyl (C=O) groups excluding carboxylic acids is 3. The lowest BCUT2D eigenvalue weighted by Gasteiger charge is -2.10. The fraction of sp³-hybridized carbons (Fsp3) is 0.294. The van der Waals surface area contributed by atoms with Crippen molar-refractivity contribution in [3.05, 3.63) is 34.8 Å². The van der Waals surface area contributed by atoms with Crippen molar-refractivity contribution < 1.29 is 23.9 Å². The van der Waals surface area contributed by atoms with Gasteiger partial charge in [-0.25, -0.2) is 4.98 Å². The maximum absolute atomic E-state index is 12.1. The van der Waals surface area contributed by atoms with E-state index < -0.39 is 11.8 Å². The van der Waals surface area contributed by atoms with Gasteiger partial charge in [0.15, 0.2) is 16.6 Å². The van der Waals surface area contributed by atoms with E-state index in [9.17, 15) is 14.4 Å². The van der Waals surface area contributed by atoms with E-state index in [-0.39, 0.29) is 19.1 Å². The largest absolute Gasteiger partial charge is 0.454 e. The quantitative estimate of drug-likeness (QED) is 0.757. The predicted molar refractivity (Wildman–Crippen MR) is 95.6 cm³/mol. The molecule has 2 aliphatic heterocycles. The number of amides is 3. The standard InChI is InChI=1S/C17H16N4O5S/c22-14(7-11-8-27-17(18-11)21-5-1-2-15(21)23)19-20-16(24)10-3-4-12-13(6-10)26-9-25-12/h3-4,6,8H,1-2,5,7,9H2,(H,19,22)(H,20,24). The normalized spacial score (nSPS) is 15.1. The zero-order chi connectivity index (χ0) is 18.8. The fourth-order valence-electron chi connectivity index (χ4n) is 2.80. The molecule has 9 nitrogen and oxygen atoms in total. The number of fused-ring (bicyclic) bond motifs is 1. The van der Waals surface area contributed by atoms with Crippen molar-refractivity contribution in [1.82, 2.24) is 15.8 Å². The van der Waals surface area contributed by atoms with Crippen LogP contribution in [0.5, 0.6) is 11.5 Å². The smallest absolute Gasteiger partial charge is 0.269 e. The number of aromatic nitrogens is 1. The first-order valence-electron chi connectivity index (χ1n) is 8.34. The van der Waals surface area contributed by atoms with Crippen LogP contribution in [0.3, 0.4) is 0 Å². The van der Waals surface area contributed by atoms with Crippen LogP contribution in [0.4, 0.5) is 5.13 Å². The molecule has 0 bridgehead atoms. The Morgan fingerprint density at radius 2 is 2.07 bits per heavy atom. The van der Waals surface area contributed by atoms with Gasteiger partial charge in [0.1, 0.15) is 0 Å². The van der Waals surface area contributed by atoms with Crippen molar-refractivity contribution in [2.45, 2.75) is 19.3 Å². The summed E-state index contributed by atoms with van der Waals surface area (Å²) in [5.41, 5.74) is 5.60. The molecule has 4 rings (SSSR count). The third-order valence-electron chi connectivity index (χ3n) is 4.14. The molecule has 140 valence electrons. The molecule has 1 saturated heterocycles. The van der Waals surface area contributed by atoms with E-state index in [2.05, 4.69) is 15.8 Å². The van der Waals surface area contributed by atoms with E-state index in [1.165, 1.54) is 11.3 Å². The number of nitrogens with zero attached hydrogens (tertiary/aromatic N) is 2. The lowest BCUT2D eigenvalue weighted by molar-refractivity contribution is -0.121. The molecule has 0 atom stereocenters. The van der Waals surface area contributed by atoms with Crippen molar-refractivity contribution in [2.75, 3.05) is 18.2 Å². The molecule has 3 amide bonds. The van der Waals surface area contributed by atoms with Gasteiger partial charge in [0.05, 0.1) is 12.1 Å². The molecule has 1 aromatic heterocycles. The highest BCUT2D eigenvalue weighted by Crippen LogP contribution is 2.32. The highest BCUT2D eigenvalue weighted by atomic mass is 32.1. The molecule has 0 spiro atoms. The second kappa shape index (κ2) is 7.23. The number of anilines is 1. The van der Waals surface area contributed by atoms with Gasteiger partial charge in [0.25, 0.3) is 5.91 Å². The van der Waals surface area contributed by atoms with Crippen LogP contribution in [0.15, 0.2) is 23.6 Å². The van der Waals surface area contributed by atoms with Gasteiger partial charge in [-0.1, -0.05) is 0 Å². The zero-order valence-electron chi connectivity index (χ0n) is 14.2. The fourth-order valence-corrected chi connectivity index (χ4v) is 3.66. The molecule has 0 unspecified atom stereocenters. The first-order chi connectivity index (χ1) is 13.1. The Morgan fingerprint density at radius 1 is 1.22 bits per heavy atom. The zero-order valence-corrected chi connectivity index (χ0v) is 15.0. The van der Waals surface area contributed by atoms with Gasteiger partial charge in [-0.2, -0.15) is 0 Å². The molecule has 0 radical (unpaired) electrons. The second-order valence-electron chi connectivity index (χ2n) is 6.02. The SMILES string of the molecule is O=C(Cc1csc(N2CCCC2=O)n1)NNC(=O)c1ccc2c(c1)OCO2. The Bertz CT molecular complexity index is 912. The second-order valence-corrected chi connectivity index (χ2v) is 6.85. The van der Waals surface area contributed by atoms with Crippen LogP contribution < -0.4 is 25.2 Å². The van der Waals surface area contributed by atoms with Crippen LogP contribution in [0.2, 0.25) is 0 Å². The highest BCUT2D eigenvalue weighted by Gasteiger charge is 2.24. The summed E-state index contributed by atoms with van der Waals surface area (Å²) in [6, 6.07) is 4.76. The Balaban J connectivity index is 1.30. The van der Waals surface area contributed by atoms with Crippen LogP contribution in [0, 0.1) is 0 Å². The number of nitrogens with one attached hydrogen (secondary N) is 2. The number of ether oxygens (including phenoxy) is 2. The molecule has 10 heteroatoms. The molecule has 2 aromatic rings. The minimum absolute atomic E-state index is 0.0000502. The average molecular weight is 388 g/mol. The number of hydrogen-bond acceptors (Lipinski definition) is 7. The lowest BCUT2D eigenvalue weighted by Crippen LogP contribution is -2.42. The Kier molecular flexibility index (Phi) is 4.63. The molecule has 1 aromatic carbocycles. The number of hydrazine groups is 1. The first-order valence-corrected chi connectivity index (χ1v) is 9.22. The third kappa shape index (κ3) is 3.70. The predicted octanol–water partition coefficient (Wildman–Crippen LogP) is 1.00. The van der Waals surface area contributed by atoms with Crippen molar-refractivity contribution in [3.8, 4) is 11.5 Å². The van der Waals surface area contributed by atoms with Gasteiger partial charge in [0, 0.05) is 23.9 Å². The maximum Gasteiger partial charge on any atom is 0.269 e. The number of hydrogen-bond donors (Lipinski definition) is 2. The Morgan fingerprint density at radius 3 is 2.89 bits per heavy atom. The van der Waals surface area contributed by atoms with E-state index in [1.54, 1.807) is 28.5 Å². The topological polar surface area (TPSA) is 110 Å². The number of carbonyl (C=O) groups is 3. The summed E-state index contributed by atoms with van der Waals surface area (Å²) in [6.45, 7) is 0.777. The number of thiazole rings is 1. The Labute approximate surface area is 158 Å². The van der Waals surface area contributed by atoms with Crippen LogP contribution in [0.25, 0.3) is 0 Å². The summed E-state index contributed by atoms with van der Waals surface area (Å²) in [7, 11) is 0. The molecular weight excluding hydrogens is 372 g/mol. The van der Waals surface area contributed by atoms with Crippen molar-refractivity contribution >= 4 is 34.2 Å². The molecular formula is C17H16N4O5S. The van der Waals surface area contributed by atoms with Crippen LogP contribution in [0.1, 0.15) is 28.9 Å². The van der Waals surface area contributed by atoms with Gasteiger partial charge in [-0.15, -0.1) is 11.3 Å². The van der Waals surface area contributed by atoms with E-state index in [0.717, 1.165) is 6.42 Å². The summed E-state index contributed by atoms with van der Waals surface area (Å²) in [5.74, 6) is 0.236. The average Bonchev–Trinajstić information content (AvgIpc) is 3.39. The number of benzene rings is 1. The third-order valence-corrected chi connectivity index (χ3v) is 5.05. The van der Waals surface area contributed by atoms with Gasteiger partial charge >= 0.3 is 0 Å². The summed E-state index contributed by atoms with van der Waals surface area (Å²) < 4.78 is 10.4. The van der Waals surface area contributed by atoms with Crippen molar-refractivity contribution in [2.24, 2.45) is 0 Å². The molecule has 1 fully saturated rings. The van der Waals surface area contributed by atoms with Crippen LogP contribution in [-0.2, 0) is 16.0 Å². The van der Waals surface area contributed by atoms with Crippen molar-refractivity contribution in [3.63, 3.8) is 0 Å². The monoisotopic (exact) mass is 388 g/mol. The minimum Gasteiger partial charge on any atom is -0.454 e. The minimum atomic E-state index is -0.469. The first kappa shape index (κ1) is 17.3. The van der Waals surface area contributed by atoms with E-state index in [1.807, 2.05) is 0 Å². The molecule has 0 aliphatic carbocycles. The summed E-state index contributed by atoms with van der Waals surface area (Å²) in [5, 5.41) is 2.34. The molecule has 2 aliphatic rings. The van der Waals surface area contributed by atoms with Gasteiger partial charge in [0.2, 0.25) is 18.6 Å². The highest BCUT2D eigenvalue weighted by molar-refractivity contribution is 7.14. The van der Waals surface area contributed by atoms with E-state index >= 15 is 0 Å². The van der Waals surface area contributed by atoms with Crippen LogP contribution in [-0.4, -0.2) is 36.0 Å². The van der Waals surface area contributed by atoms with Crippen LogP contribution >= 0.6 is 11.3 Å². The summed E-state index contributed by atoms with van der Waals surface area (Å²) in [4.78, 5) is 41.9.